The highest BCUT2D eigenvalue weighted by Gasteiger charge is 2.27. The summed E-state index contributed by atoms with van der Waals surface area (Å²) in [7, 11) is 1.97. The Kier molecular flexibility index (Phi) is 7.14. The lowest BCUT2D eigenvalue weighted by molar-refractivity contribution is 0.479. The number of nitrogens with zero attached hydrogens (tertiary/aromatic N) is 5. The van der Waals surface area contributed by atoms with E-state index < -0.39 is 0 Å². The van der Waals surface area contributed by atoms with Crippen molar-refractivity contribution < 1.29 is 4.42 Å². The fourth-order valence-corrected chi connectivity index (χ4v) is 4.94. The van der Waals surface area contributed by atoms with Gasteiger partial charge in [-0.05, 0) is 43.2 Å². The summed E-state index contributed by atoms with van der Waals surface area (Å²) in [6.45, 7) is 5.37. The molecule has 1 fully saturated rings. The van der Waals surface area contributed by atoms with E-state index in [1.807, 2.05) is 48.3 Å². The van der Waals surface area contributed by atoms with Crippen LogP contribution in [0.1, 0.15) is 30.6 Å². The van der Waals surface area contributed by atoms with Crippen molar-refractivity contribution in [1.82, 2.24) is 25.0 Å². The van der Waals surface area contributed by atoms with Crippen molar-refractivity contribution in [3.05, 3.63) is 60.1 Å². The van der Waals surface area contributed by atoms with Gasteiger partial charge in [-0.25, -0.2) is 9.98 Å². The van der Waals surface area contributed by atoms with E-state index in [1.165, 1.54) is 10.3 Å². The normalized spacial score (nSPS) is 16.5. The molecule has 1 aliphatic rings. The number of aryl methyl sites for hydroxylation is 1. The number of hydrogen-bond acceptors (Lipinski definition) is 5. The molecule has 4 heterocycles. The Balaban J connectivity index is 0.00000245. The molecule has 0 saturated carbocycles. The van der Waals surface area contributed by atoms with Gasteiger partial charge in [0.05, 0.1) is 16.4 Å². The van der Waals surface area contributed by atoms with Crippen molar-refractivity contribution >= 4 is 51.5 Å². The van der Waals surface area contributed by atoms with Gasteiger partial charge in [0.1, 0.15) is 12.3 Å². The third-order valence-corrected chi connectivity index (χ3v) is 6.62. The lowest BCUT2D eigenvalue weighted by Gasteiger charge is -2.21. The van der Waals surface area contributed by atoms with E-state index in [0.717, 1.165) is 54.1 Å². The van der Waals surface area contributed by atoms with Crippen LogP contribution in [0, 0.1) is 0 Å². The van der Waals surface area contributed by atoms with Gasteiger partial charge in [-0.3, -0.25) is 4.68 Å². The molecule has 3 aromatic heterocycles. The monoisotopic (exact) mass is 562 g/mol. The fourth-order valence-electron chi connectivity index (χ4n) is 4.01. The topological polar surface area (TPSA) is 71.5 Å². The van der Waals surface area contributed by atoms with Crippen LogP contribution in [0.2, 0.25) is 0 Å². The van der Waals surface area contributed by atoms with Crippen molar-refractivity contribution in [2.45, 2.75) is 25.8 Å². The number of para-hydroxylation sites is 1. The van der Waals surface area contributed by atoms with E-state index in [0.29, 0.717) is 12.5 Å². The molecule has 0 bridgehead atoms. The molecule has 1 atom stereocenters. The molecular formula is C23H27IN6OS. The minimum Gasteiger partial charge on any atom is -0.457 e. The number of benzene rings is 1. The van der Waals surface area contributed by atoms with E-state index in [4.69, 9.17) is 9.41 Å². The molecule has 168 valence electrons. The van der Waals surface area contributed by atoms with Crippen LogP contribution in [-0.2, 0) is 13.6 Å². The van der Waals surface area contributed by atoms with E-state index in [-0.39, 0.29) is 24.0 Å². The second-order valence-corrected chi connectivity index (χ2v) is 8.83. The van der Waals surface area contributed by atoms with Gasteiger partial charge in [-0.1, -0.05) is 12.1 Å². The van der Waals surface area contributed by atoms with Crippen LogP contribution in [0.25, 0.3) is 21.0 Å². The van der Waals surface area contributed by atoms with Gasteiger partial charge in [0.2, 0.25) is 0 Å². The Morgan fingerprint density at radius 3 is 2.94 bits per heavy atom. The molecular weight excluding hydrogens is 535 g/mol. The van der Waals surface area contributed by atoms with E-state index in [2.05, 4.69) is 39.5 Å². The third kappa shape index (κ3) is 4.83. The highest BCUT2D eigenvalue weighted by atomic mass is 127. The quantitative estimate of drug-likeness (QED) is 0.214. The summed E-state index contributed by atoms with van der Waals surface area (Å²) in [5, 5.41) is 8.66. The molecule has 0 spiro atoms. The Labute approximate surface area is 208 Å². The molecule has 1 aliphatic heterocycles. The largest absolute Gasteiger partial charge is 0.457 e. The van der Waals surface area contributed by atoms with Gasteiger partial charge in [0.15, 0.2) is 16.7 Å². The number of hydrogen-bond donors (Lipinski definition) is 1. The first-order valence-electron chi connectivity index (χ1n) is 10.7. The summed E-state index contributed by atoms with van der Waals surface area (Å²) in [5.41, 5.74) is 2.30. The van der Waals surface area contributed by atoms with Crippen LogP contribution >= 0.6 is 35.3 Å². The molecule has 1 unspecified atom stereocenters. The fraction of sp³-hybridized carbons (Fsp3) is 0.348. The summed E-state index contributed by atoms with van der Waals surface area (Å²) in [6, 6.07) is 12.1. The van der Waals surface area contributed by atoms with Gasteiger partial charge in [0.25, 0.3) is 0 Å². The van der Waals surface area contributed by atoms with Crippen LogP contribution < -0.4 is 5.32 Å². The minimum absolute atomic E-state index is 0. The van der Waals surface area contributed by atoms with Crippen LogP contribution in [-0.4, -0.2) is 45.3 Å². The van der Waals surface area contributed by atoms with Gasteiger partial charge in [-0.2, -0.15) is 5.10 Å². The molecule has 0 aliphatic carbocycles. The maximum Gasteiger partial charge on any atom is 0.194 e. The summed E-state index contributed by atoms with van der Waals surface area (Å²) < 4.78 is 9.11. The van der Waals surface area contributed by atoms with Crippen molar-refractivity contribution in [1.29, 1.82) is 0 Å². The summed E-state index contributed by atoms with van der Waals surface area (Å²) in [5.74, 6) is 3.07. The minimum atomic E-state index is 0. The smallest absolute Gasteiger partial charge is 0.194 e. The van der Waals surface area contributed by atoms with E-state index in [9.17, 15) is 0 Å². The predicted molar refractivity (Wildman–Crippen MR) is 140 cm³/mol. The summed E-state index contributed by atoms with van der Waals surface area (Å²) in [4.78, 5) is 11.9. The lowest BCUT2D eigenvalue weighted by Crippen LogP contribution is -2.39. The molecule has 9 heteroatoms. The third-order valence-electron chi connectivity index (χ3n) is 5.57. The zero-order valence-electron chi connectivity index (χ0n) is 18.2. The van der Waals surface area contributed by atoms with Gasteiger partial charge < -0.3 is 14.6 Å². The molecule has 0 amide bonds. The number of aromatic nitrogens is 3. The van der Waals surface area contributed by atoms with E-state index in [1.54, 1.807) is 11.3 Å². The summed E-state index contributed by atoms with van der Waals surface area (Å²) in [6.07, 6.45) is 5.20. The first kappa shape index (κ1) is 22.8. The average molecular weight is 562 g/mol. The van der Waals surface area contributed by atoms with Gasteiger partial charge in [0, 0.05) is 38.8 Å². The number of guanidine groups is 1. The molecule has 32 heavy (non-hydrogen) atoms. The molecule has 5 rings (SSSR count). The van der Waals surface area contributed by atoms with Crippen molar-refractivity contribution in [2.24, 2.45) is 12.0 Å². The van der Waals surface area contributed by atoms with Gasteiger partial charge >= 0.3 is 0 Å². The number of nitrogens with one attached hydrogen (secondary N) is 1. The number of aliphatic imine (C=N–C) groups is 1. The predicted octanol–water partition coefficient (Wildman–Crippen LogP) is 4.86. The molecule has 1 N–H and O–H groups in total. The Morgan fingerprint density at radius 1 is 1.28 bits per heavy atom. The zero-order valence-corrected chi connectivity index (χ0v) is 21.3. The van der Waals surface area contributed by atoms with Crippen molar-refractivity contribution in [3.63, 3.8) is 0 Å². The van der Waals surface area contributed by atoms with Crippen molar-refractivity contribution in [3.8, 4) is 10.8 Å². The first-order valence-corrected chi connectivity index (χ1v) is 11.5. The second kappa shape index (κ2) is 10.0. The Morgan fingerprint density at radius 2 is 2.16 bits per heavy atom. The summed E-state index contributed by atoms with van der Waals surface area (Å²) >= 11 is 1.65. The van der Waals surface area contributed by atoms with Crippen LogP contribution in [0.3, 0.4) is 0 Å². The average Bonchev–Trinajstić information content (AvgIpc) is 3.56. The van der Waals surface area contributed by atoms with Gasteiger partial charge in [-0.15, -0.1) is 35.3 Å². The number of furan rings is 1. The highest BCUT2D eigenvalue weighted by molar-refractivity contribution is 14.0. The number of rotatable bonds is 5. The number of fused-ring (bicyclic) bond motifs is 1. The zero-order chi connectivity index (χ0) is 21.2. The van der Waals surface area contributed by atoms with E-state index >= 15 is 0 Å². The van der Waals surface area contributed by atoms with Crippen LogP contribution in [0.4, 0.5) is 0 Å². The number of likely N-dealkylation sites (tertiary alicyclic amines) is 1. The molecule has 1 aromatic carbocycles. The maximum absolute atomic E-state index is 6.07. The molecule has 0 radical (unpaired) electrons. The number of thiazole rings is 1. The van der Waals surface area contributed by atoms with Crippen LogP contribution in [0.5, 0.6) is 0 Å². The van der Waals surface area contributed by atoms with Crippen molar-refractivity contribution in [2.75, 3.05) is 19.6 Å². The lowest BCUT2D eigenvalue weighted by atomic mass is 10.0. The standard InChI is InChI=1S/C23H26N6OS.HI/c1-3-24-23(29-11-10-16(15-29)17-12-26-28(2)14-17)25-13-18-8-9-20(30-18)22-27-19-6-4-5-7-21(19)31-22;/h4-9,12,14,16H,3,10-11,13,15H2,1-2H3,(H,24,25);1H. The second-order valence-electron chi connectivity index (χ2n) is 7.80. The Bertz CT molecular complexity index is 1180. The molecule has 4 aromatic rings. The molecule has 1 saturated heterocycles. The highest BCUT2D eigenvalue weighted by Crippen LogP contribution is 2.31. The first-order chi connectivity index (χ1) is 15.2. The van der Waals surface area contributed by atoms with Crippen LogP contribution in [0.15, 0.2) is 58.2 Å². The Hall–Kier alpha value is -2.40. The molecule has 7 nitrogen and oxygen atoms in total. The SMILES string of the molecule is CCNC(=NCc1ccc(-c2nc3ccccc3s2)o1)N1CCC(c2cnn(C)c2)C1.I. The number of halogens is 1. The maximum atomic E-state index is 6.07.